The second-order valence-corrected chi connectivity index (χ2v) is 8.85. The van der Waals surface area contributed by atoms with Crippen molar-refractivity contribution in [1.29, 1.82) is 0 Å². The van der Waals surface area contributed by atoms with E-state index in [9.17, 15) is 9.59 Å². The third-order valence-corrected chi connectivity index (χ3v) is 7.18. The molecule has 0 radical (unpaired) electrons. The number of nitrogens with zero attached hydrogens (tertiary/aromatic N) is 3. The van der Waals surface area contributed by atoms with Crippen molar-refractivity contribution in [2.45, 2.75) is 25.3 Å². The van der Waals surface area contributed by atoms with Crippen molar-refractivity contribution >= 4 is 22.7 Å². The first-order chi connectivity index (χ1) is 14.5. The minimum Gasteiger partial charge on any atom is -0.361 e. The number of fused-ring (bicyclic) bond motifs is 2. The summed E-state index contributed by atoms with van der Waals surface area (Å²) in [4.78, 5) is 33.3. The van der Waals surface area contributed by atoms with Gasteiger partial charge in [-0.25, -0.2) is 0 Å². The van der Waals surface area contributed by atoms with Crippen LogP contribution in [-0.4, -0.2) is 57.3 Å². The Kier molecular flexibility index (Phi) is 4.65. The van der Waals surface area contributed by atoms with E-state index < -0.39 is 0 Å². The fraction of sp³-hybridized carbons (Fsp3) is 0.417. The molecule has 156 valence electrons. The molecule has 1 N–H and O–H groups in total. The van der Waals surface area contributed by atoms with Gasteiger partial charge in [0.25, 0.3) is 11.8 Å². The third kappa shape index (κ3) is 3.11. The number of H-pyrrole nitrogens is 1. The normalized spacial score (nSPS) is 23.5. The maximum Gasteiger partial charge on any atom is 0.270 e. The topological polar surface area (TPSA) is 61.3 Å². The Bertz CT molecular complexity index is 1100. The van der Waals surface area contributed by atoms with Crippen molar-refractivity contribution in [3.05, 3.63) is 60.0 Å². The highest BCUT2D eigenvalue weighted by molar-refractivity contribution is 6.05. The number of hydrogen-bond donors (Lipinski definition) is 1. The fourth-order valence-electron chi connectivity index (χ4n) is 5.42. The number of nitrogens with one attached hydrogen (secondary N) is 1. The highest BCUT2D eigenvalue weighted by Gasteiger charge is 2.42. The minimum absolute atomic E-state index is 0.0726. The number of hydrogen-bond acceptors (Lipinski definition) is 2. The number of carbonyl (C=O) groups is 2. The monoisotopic (exact) mass is 404 g/mol. The van der Waals surface area contributed by atoms with Gasteiger partial charge in [-0.2, -0.15) is 0 Å². The molecule has 5 rings (SSSR count). The molecule has 0 bridgehead atoms. The molecule has 6 heteroatoms. The van der Waals surface area contributed by atoms with Crippen LogP contribution in [0.25, 0.3) is 10.9 Å². The van der Waals surface area contributed by atoms with Gasteiger partial charge in [-0.05, 0) is 55.4 Å². The Hall–Kier alpha value is -3.02. The van der Waals surface area contributed by atoms with E-state index in [4.69, 9.17) is 0 Å². The lowest BCUT2D eigenvalue weighted by atomic mass is 9.88. The number of likely N-dealkylation sites (tertiary alicyclic amines) is 1. The SMILES string of the molecule is CN(C(=O)c1cccc2cc[nH]c12)[C@H]1C[C@H]2CCN(C(=O)c3cccn3C)C[C@H]2C1. The molecule has 2 aromatic heterocycles. The Labute approximate surface area is 176 Å². The number of carbonyl (C=O) groups excluding carboxylic acids is 2. The molecule has 1 aromatic carbocycles. The summed E-state index contributed by atoms with van der Waals surface area (Å²) in [5, 5.41) is 1.06. The van der Waals surface area contributed by atoms with Crippen molar-refractivity contribution < 1.29 is 9.59 Å². The second-order valence-electron chi connectivity index (χ2n) is 8.85. The van der Waals surface area contributed by atoms with E-state index >= 15 is 0 Å². The van der Waals surface area contributed by atoms with Crippen molar-refractivity contribution in [1.82, 2.24) is 19.4 Å². The quantitative estimate of drug-likeness (QED) is 0.726. The second kappa shape index (κ2) is 7.35. The number of rotatable bonds is 3. The first kappa shape index (κ1) is 19.0. The average Bonchev–Trinajstić information content (AvgIpc) is 3.50. The molecule has 2 amide bonds. The summed E-state index contributed by atoms with van der Waals surface area (Å²) in [6.07, 6.45) is 6.80. The average molecular weight is 405 g/mol. The molecule has 3 atom stereocenters. The highest BCUT2D eigenvalue weighted by Crippen LogP contribution is 2.40. The van der Waals surface area contributed by atoms with Crippen molar-refractivity contribution in [3.8, 4) is 0 Å². The van der Waals surface area contributed by atoms with Crippen LogP contribution in [0.4, 0.5) is 0 Å². The summed E-state index contributed by atoms with van der Waals surface area (Å²) in [7, 11) is 3.84. The zero-order valence-corrected chi connectivity index (χ0v) is 17.5. The maximum atomic E-state index is 13.3. The molecule has 3 aromatic rings. The van der Waals surface area contributed by atoms with Crippen LogP contribution >= 0.6 is 0 Å². The van der Waals surface area contributed by atoms with Gasteiger partial charge in [-0.1, -0.05) is 12.1 Å². The molecule has 1 saturated carbocycles. The molecule has 2 fully saturated rings. The number of aromatic amines is 1. The van der Waals surface area contributed by atoms with Crippen LogP contribution in [0.3, 0.4) is 0 Å². The zero-order valence-electron chi connectivity index (χ0n) is 17.5. The predicted octanol–water partition coefficient (Wildman–Crippen LogP) is 3.52. The van der Waals surface area contributed by atoms with Gasteiger partial charge in [0, 0.05) is 51.0 Å². The van der Waals surface area contributed by atoms with E-state index in [1.807, 2.05) is 77.3 Å². The van der Waals surface area contributed by atoms with Crippen LogP contribution in [0.2, 0.25) is 0 Å². The van der Waals surface area contributed by atoms with E-state index in [0.29, 0.717) is 11.8 Å². The van der Waals surface area contributed by atoms with Gasteiger partial charge < -0.3 is 19.4 Å². The third-order valence-electron chi connectivity index (χ3n) is 7.18. The first-order valence-corrected chi connectivity index (χ1v) is 10.8. The smallest absolute Gasteiger partial charge is 0.270 e. The molecule has 1 saturated heterocycles. The largest absolute Gasteiger partial charge is 0.361 e. The molecule has 3 heterocycles. The lowest BCUT2D eigenvalue weighted by molar-refractivity contribution is 0.0615. The molecule has 1 aliphatic heterocycles. The number of piperidine rings is 1. The van der Waals surface area contributed by atoms with Gasteiger partial charge in [-0.15, -0.1) is 0 Å². The van der Waals surface area contributed by atoms with Crippen LogP contribution < -0.4 is 0 Å². The fourth-order valence-corrected chi connectivity index (χ4v) is 5.42. The van der Waals surface area contributed by atoms with Crippen molar-refractivity contribution in [3.63, 3.8) is 0 Å². The molecule has 0 spiro atoms. The van der Waals surface area contributed by atoms with Crippen LogP contribution in [0, 0.1) is 11.8 Å². The molecular weight excluding hydrogens is 376 g/mol. The minimum atomic E-state index is 0.0726. The Balaban J connectivity index is 1.28. The predicted molar refractivity (Wildman–Crippen MR) is 116 cm³/mol. The van der Waals surface area contributed by atoms with Gasteiger partial charge in [-0.3, -0.25) is 9.59 Å². The molecule has 0 unspecified atom stereocenters. The van der Waals surface area contributed by atoms with Crippen molar-refractivity contribution in [2.24, 2.45) is 18.9 Å². The van der Waals surface area contributed by atoms with Crippen LogP contribution in [0.15, 0.2) is 48.8 Å². The molecule has 30 heavy (non-hydrogen) atoms. The van der Waals surface area contributed by atoms with E-state index in [-0.39, 0.29) is 17.9 Å². The molecule has 2 aliphatic rings. The number of aryl methyl sites for hydroxylation is 1. The van der Waals surface area contributed by atoms with E-state index in [1.54, 1.807) is 0 Å². The van der Waals surface area contributed by atoms with E-state index in [2.05, 4.69) is 4.98 Å². The Morgan fingerprint density at radius 1 is 1.10 bits per heavy atom. The Morgan fingerprint density at radius 3 is 2.73 bits per heavy atom. The highest BCUT2D eigenvalue weighted by atomic mass is 16.2. The lowest BCUT2D eigenvalue weighted by Crippen LogP contribution is -2.42. The van der Waals surface area contributed by atoms with Crippen LogP contribution in [0.1, 0.15) is 40.1 Å². The van der Waals surface area contributed by atoms with Gasteiger partial charge >= 0.3 is 0 Å². The van der Waals surface area contributed by atoms with Crippen molar-refractivity contribution in [2.75, 3.05) is 20.1 Å². The summed E-state index contributed by atoms with van der Waals surface area (Å²) < 4.78 is 1.89. The lowest BCUT2D eigenvalue weighted by Gasteiger charge is -2.35. The summed E-state index contributed by atoms with van der Waals surface area (Å²) in [5.74, 6) is 1.24. The van der Waals surface area contributed by atoms with Crippen LogP contribution in [0.5, 0.6) is 0 Å². The number of amides is 2. The molecule has 1 aliphatic carbocycles. The van der Waals surface area contributed by atoms with Crippen LogP contribution in [-0.2, 0) is 7.05 Å². The van der Waals surface area contributed by atoms with Gasteiger partial charge in [0.2, 0.25) is 0 Å². The van der Waals surface area contributed by atoms with E-state index in [1.165, 1.54) is 0 Å². The summed E-state index contributed by atoms with van der Waals surface area (Å²) in [6, 6.07) is 11.9. The van der Waals surface area contributed by atoms with Gasteiger partial charge in [0.05, 0.1) is 11.1 Å². The molecule has 6 nitrogen and oxygen atoms in total. The number of aromatic nitrogens is 2. The standard InChI is InChI=1S/C24H28N4O2/c1-26-11-4-7-21(26)24(30)28-12-9-17-13-19(14-18(17)15-28)27(2)23(29)20-6-3-5-16-8-10-25-22(16)20/h3-8,10-11,17-19,25H,9,12-15H2,1-2H3/t17-,18-,19+/m1/s1. The zero-order chi connectivity index (χ0) is 20.8. The summed E-state index contributed by atoms with van der Waals surface area (Å²) >= 11 is 0. The Morgan fingerprint density at radius 2 is 1.93 bits per heavy atom. The number of benzene rings is 1. The molecular formula is C24H28N4O2. The van der Waals surface area contributed by atoms with E-state index in [0.717, 1.165) is 54.5 Å². The maximum absolute atomic E-state index is 13.3. The number of para-hydroxylation sites is 1. The first-order valence-electron chi connectivity index (χ1n) is 10.8. The summed E-state index contributed by atoms with van der Waals surface area (Å²) in [5.41, 5.74) is 2.38. The van der Waals surface area contributed by atoms with Gasteiger partial charge in [0.15, 0.2) is 0 Å². The van der Waals surface area contributed by atoms with Gasteiger partial charge in [0.1, 0.15) is 5.69 Å². The summed E-state index contributed by atoms with van der Waals surface area (Å²) in [6.45, 7) is 1.59.